The van der Waals surface area contributed by atoms with Crippen molar-refractivity contribution in [2.45, 2.75) is 11.8 Å². The molecule has 0 fully saturated rings. The van der Waals surface area contributed by atoms with Gasteiger partial charge in [0.2, 0.25) is 0 Å². The maximum absolute atomic E-state index is 5.64. The minimum atomic E-state index is 0.707. The summed E-state index contributed by atoms with van der Waals surface area (Å²) in [5.74, 6) is 1.94. The molecule has 16 heavy (non-hydrogen) atoms. The molecule has 3 heteroatoms. The number of thioether (sulfide) groups is 1. The largest absolute Gasteiger partial charge is 0.493 e. The van der Waals surface area contributed by atoms with E-state index < -0.39 is 0 Å². The third kappa shape index (κ3) is 1.52. The molecular weight excluding hydrogens is 218 g/mol. The first kappa shape index (κ1) is 9.85. The summed E-state index contributed by atoms with van der Waals surface area (Å²) in [5.41, 5.74) is 1.23. The highest BCUT2D eigenvalue weighted by Gasteiger charge is 2.13. The molecule has 1 heterocycles. The number of nitrogens with one attached hydrogen (secondary N) is 1. The van der Waals surface area contributed by atoms with E-state index in [1.165, 1.54) is 21.4 Å². The molecule has 2 nitrogen and oxygen atoms in total. The number of rotatable bonds is 2. The van der Waals surface area contributed by atoms with Crippen molar-refractivity contribution < 1.29 is 4.74 Å². The number of anilines is 1. The summed E-state index contributed by atoms with van der Waals surface area (Å²) < 4.78 is 5.64. The zero-order chi connectivity index (χ0) is 11.0. The fourth-order valence-electron chi connectivity index (χ4n) is 2.01. The normalized spacial score (nSPS) is 13.6. The summed E-state index contributed by atoms with van der Waals surface area (Å²) in [4.78, 5) is 1.33. The molecule has 1 aliphatic rings. The van der Waals surface area contributed by atoms with Crippen molar-refractivity contribution in [3.63, 3.8) is 0 Å². The summed E-state index contributed by atoms with van der Waals surface area (Å²) >= 11 is 1.85. The standard InChI is InChI=1S/C13H13NOS/c1-2-15-12-5-3-4-9-6-13-11(7-10(9)12)14-8-16-13/h3-7,14H,2,8H2,1H3. The van der Waals surface area contributed by atoms with Gasteiger partial charge in [-0.3, -0.25) is 0 Å². The molecule has 1 N–H and O–H groups in total. The number of hydrogen-bond acceptors (Lipinski definition) is 3. The Morgan fingerprint density at radius 2 is 2.31 bits per heavy atom. The van der Waals surface area contributed by atoms with Gasteiger partial charge in [0.25, 0.3) is 0 Å². The minimum absolute atomic E-state index is 0.707. The van der Waals surface area contributed by atoms with Crippen molar-refractivity contribution in [2.24, 2.45) is 0 Å². The molecule has 0 radical (unpaired) electrons. The van der Waals surface area contributed by atoms with Gasteiger partial charge in [-0.25, -0.2) is 0 Å². The molecule has 1 aliphatic heterocycles. The number of hydrogen-bond donors (Lipinski definition) is 1. The van der Waals surface area contributed by atoms with E-state index in [0.717, 1.165) is 11.6 Å². The van der Waals surface area contributed by atoms with Crippen LogP contribution in [0.4, 0.5) is 5.69 Å². The number of benzene rings is 2. The van der Waals surface area contributed by atoms with Crippen LogP contribution in [0.2, 0.25) is 0 Å². The highest BCUT2D eigenvalue weighted by molar-refractivity contribution is 7.99. The zero-order valence-electron chi connectivity index (χ0n) is 9.12. The van der Waals surface area contributed by atoms with Crippen LogP contribution in [0.3, 0.4) is 0 Å². The Hall–Kier alpha value is -1.35. The van der Waals surface area contributed by atoms with E-state index in [0.29, 0.717) is 6.61 Å². The maximum Gasteiger partial charge on any atom is 0.127 e. The van der Waals surface area contributed by atoms with Crippen LogP contribution in [-0.2, 0) is 0 Å². The Labute approximate surface area is 99.0 Å². The van der Waals surface area contributed by atoms with Gasteiger partial charge < -0.3 is 10.1 Å². The van der Waals surface area contributed by atoms with Crippen molar-refractivity contribution in [1.29, 1.82) is 0 Å². The molecule has 0 saturated heterocycles. The topological polar surface area (TPSA) is 21.3 Å². The van der Waals surface area contributed by atoms with Gasteiger partial charge in [0.05, 0.1) is 12.5 Å². The molecule has 0 bridgehead atoms. The third-order valence-corrected chi connectivity index (χ3v) is 3.67. The molecule has 3 rings (SSSR count). The van der Waals surface area contributed by atoms with Gasteiger partial charge in [-0.05, 0) is 30.5 Å². The van der Waals surface area contributed by atoms with E-state index in [1.807, 2.05) is 30.8 Å². The van der Waals surface area contributed by atoms with Crippen LogP contribution in [0.25, 0.3) is 10.8 Å². The van der Waals surface area contributed by atoms with Crippen LogP contribution < -0.4 is 10.1 Å². The van der Waals surface area contributed by atoms with E-state index in [9.17, 15) is 0 Å². The molecule has 0 aromatic heterocycles. The van der Waals surface area contributed by atoms with E-state index in [1.54, 1.807) is 0 Å². The number of ether oxygens (including phenoxy) is 1. The predicted octanol–water partition coefficient (Wildman–Crippen LogP) is 3.71. The second kappa shape index (κ2) is 3.91. The average molecular weight is 231 g/mol. The zero-order valence-corrected chi connectivity index (χ0v) is 9.93. The maximum atomic E-state index is 5.64. The highest BCUT2D eigenvalue weighted by Crippen LogP contribution is 2.39. The molecule has 2 aromatic carbocycles. The molecule has 0 unspecified atom stereocenters. The summed E-state index contributed by atoms with van der Waals surface area (Å²) in [6.07, 6.45) is 0. The monoisotopic (exact) mass is 231 g/mol. The van der Waals surface area contributed by atoms with Crippen molar-refractivity contribution in [3.8, 4) is 5.75 Å². The molecule has 0 amide bonds. The van der Waals surface area contributed by atoms with Gasteiger partial charge in [-0.15, -0.1) is 11.8 Å². The van der Waals surface area contributed by atoms with Crippen molar-refractivity contribution >= 4 is 28.2 Å². The Balaban J connectivity index is 2.23. The second-order valence-electron chi connectivity index (χ2n) is 3.72. The van der Waals surface area contributed by atoms with E-state index in [-0.39, 0.29) is 0 Å². The lowest BCUT2D eigenvalue weighted by molar-refractivity contribution is 0.344. The van der Waals surface area contributed by atoms with Gasteiger partial charge in [0.1, 0.15) is 5.75 Å². The first-order valence-corrected chi connectivity index (χ1v) is 6.43. The molecule has 2 aromatic rings. The molecule has 82 valence electrons. The lowest BCUT2D eigenvalue weighted by Gasteiger charge is -2.09. The van der Waals surface area contributed by atoms with Gasteiger partial charge in [0.15, 0.2) is 0 Å². The van der Waals surface area contributed by atoms with Gasteiger partial charge in [-0.1, -0.05) is 12.1 Å². The quantitative estimate of drug-likeness (QED) is 0.851. The van der Waals surface area contributed by atoms with Crippen molar-refractivity contribution in [2.75, 3.05) is 17.8 Å². The minimum Gasteiger partial charge on any atom is -0.493 e. The molecule has 0 atom stereocenters. The first-order valence-electron chi connectivity index (χ1n) is 5.44. The fraction of sp³-hybridized carbons (Fsp3) is 0.231. The molecule has 0 aliphatic carbocycles. The first-order chi connectivity index (χ1) is 7.88. The van der Waals surface area contributed by atoms with Crippen LogP contribution >= 0.6 is 11.8 Å². The lowest BCUT2D eigenvalue weighted by Crippen LogP contribution is -1.93. The molecular formula is C13H13NOS. The van der Waals surface area contributed by atoms with E-state index in [2.05, 4.69) is 23.5 Å². The SMILES string of the molecule is CCOc1cccc2cc3c(cc12)NCS3. The Kier molecular flexibility index (Phi) is 2.40. The fourth-order valence-corrected chi connectivity index (χ4v) is 2.89. The molecule has 0 saturated carbocycles. The van der Waals surface area contributed by atoms with E-state index in [4.69, 9.17) is 4.74 Å². The van der Waals surface area contributed by atoms with Gasteiger partial charge in [0, 0.05) is 16.0 Å². The lowest BCUT2D eigenvalue weighted by atomic mass is 10.1. The molecule has 0 spiro atoms. The van der Waals surface area contributed by atoms with Crippen molar-refractivity contribution in [3.05, 3.63) is 30.3 Å². The Morgan fingerprint density at radius 1 is 1.38 bits per heavy atom. The van der Waals surface area contributed by atoms with Crippen LogP contribution in [-0.4, -0.2) is 12.5 Å². The van der Waals surface area contributed by atoms with Gasteiger partial charge in [-0.2, -0.15) is 0 Å². The second-order valence-corrected chi connectivity index (χ2v) is 4.74. The Morgan fingerprint density at radius 3 is 3.19 bits per heavy atom. The summed E-state index contributed by atoms with van der Waals surface area (Å²) in [7, 11) is 0. The highest BCUT2D eigenvalue weighted by atomic mass is 32.2. The van der Waals surface area contributed by atoms with E-state index >= 15 is 0 Å². The third-order valence-electron chi connectivity index (χ3n) is 2.73. The van der Waals surface area contributed by atoms with Crippen LogP contribution in [0, 0.1) is 0 Å². The number of fused-ring (bicyclic) bond motifs is 2. The predicted molar refractivity (Wildman–Crippen MR) is 69.5 cm³/mol. The van der Waals surface area contributed by atoms with Crippen LogP contribution in [0.5, 0.6) is 5.75 Å². The van der Waals surface area contributed by atoms with Gasteiger partial charge >= 0.3 is 0 Å². The Bertz CT molecular complexity index is 539. The smallest absolute Gasteiger partial charge is 0.127 e. The van der Waals surface area contributed by atoms with Crippen LogP contribution in [0.15, 0.2) is 35.2 Å². The van der Waals surface area contributed by atoms with Crippen molar-refractivity contribution in [1.82, 2.24) is 0 Å². The summed E-state index contributed by atoms with van der Waals surface area (Å²) in [5, 5.41) is 5.81. The summed E-state index contributed by atoms with van der Waals surface area (Å²) in [6, 6.07) is 10.6. The average Bonchev–Trinajstić information content (AvgIpc) is 2.74. The van der Waals surface area contributed by atoms with Crippen LogP contribution in [0.1, 0.15) is 6.92 Å². The summed E-state index contributed by atoms with van der Waals surface area (Å²) in [6.45, 7) is 2.72.